The van der Waals surface area contributed by atoms with Gasteiger partial charge in [0.25, 0.3) is 0 Å². The summed E-state index contributed by atoms with van der Waals surface area (Å²) in [4.78, 5) is 40.5. The lowest BCUT2D eigenvalue weighted by atomic mass is 9.94. The van der Waals surface area contributed by atoms with Crippen molar-refractivity contribution < 1.29 is 33.7 Å². The number of hydrogen-bond donors (Lipinski definition) is 2. The molecule has 0 rings (SSSR count). The summed E-state index contributed by atoms with van der Waals surface area (Å²) < 4.78 is 16.9. The van der Waals surface area contributed by atoms with E-state index in [2.05, 4.69) is 26.1 Å². The third-order valence-corrected chi connectivity index (χ3v) is 9.21. The number of hydrogen-bond acceptors (Lipinski definition) is 8. The predicted octanol–water partition coefficient (Wildman–Crippen LogP) is 9.52. The minimum absolute atomic E-state index is 0.0919. The standard InChI is InChI=1S/C40H78N2O7/c1-5-8-11-14-17-18-19-22-25-29-38(44)49-37(35-48-40(46)41-30-26-31-42(4)32-33-43)34-47-39(45)36(27-23-20-15-12-9-6-2)28-24-21-16-13-10-7-3/h36-37,43H,5-35H2,1-4H3,(H,41,46). The summed E-state index contributed by atoms with van der Waals surface area (Å²) in [6.45, 7) is 8.18. The summed E-state index contributed by atoms with van der Waals surface area (Å²) in [5, 5.41) is 11.8. The van der Waals surface area contributed by atoms with Gasteiger partial charge in [-0.15, -0.1) is 0 Å². The van der Waals surface area contributed by atoms with Gasteiger partial charge >= 0.3 is 18.0 Å². The molecule has 0 bridgehead atoms. The molecule has 0 saturated carbocycles. The molecule has 0 aliphatic carbocycles. The number of unbranched alkanes of at least 4 members (excludes halogenated alkanes) is 18. The summed E-state index contributed by atoms with van der Waals surface area (Å²) in [6, 6.07) is 0. The van der Waals surface area contributed by atoms with E-state index in [1.807, 2.05) is 11.9 Å². The molecule has 0 aromatic carbocycles. The zero-order valence-electron chi connectivity index (χ0n) is 32.4. The van der Waals surface area contributed by atoms with Gasteiger partial charge in [-0.05, 0) is 39.3 Å². The van der Waals surface area contributed by atoms with E-state index in [1.165, 1.54) is 89.9 Å². The highest BCUT2D eigenvalue weighted by atomic mass is 16.6. The monoisotopic (exact) mass is 699 g/mol. The molecule has 0 fully saturated rings. The van der Waals surface area contributed by atoms with Crippen molar-refractivity contribution in [1.82, 2.24) is 10.2 Å². The first-order valence-corrected chi connectivity index (χ1v) is 20.4. The van der Waals surface area contributed by atoms with E-state index >= 15 is 0 Å². The number of ether oxygens (including phenoxy) is 3. The van der Waals surface area contributed by atoms with Gasteiger partial charge in [0.1, 0.15) is 13.2 Å². The van der Waals surface area contributed by atoms with Crippen LogP contribution in [0.25, 0.3) is 0 Å². The minimum Gasteiger partial charge on any atom is -0.461 e. The second kappa shape index (κ2) is 35.9. The molecule has 290 valence electrons. The number of likely N-dealkylation sites (N-methyl/N-ethyl adjacent to an activating group) is 1. The molecular weight excluding hydrogens is 620 g/mol. The average molecular weight is 699 g/mol. The van der Waals surface area contributed by atoms with Gasteiger partial charge in [-0.1, -0.05) is 149 Å². The van der Waals surface area contributed by atoms with Crippen LogP contribution >= 0.6 is 0 Å². The maximum Gasteiger partial charge on any atom is 0.407 e. The Morgan fingerprint density at radius 2 is 1.08 bits per heavy atom. The first kappa shape index (κ1) is 47.1. The number of carbonyl (C=O) groups is 3. The second-order valence-corrected chi connectivity index (χ2v) is 14.0. The molecule has 0 aliphatic rings. The molecule has 1 amide bonds. The van der Waals surface area contributed by atoms with Gasteiger partial charge in [0.15, 0.2) is 6.10 Å². The highest BCUT2D eigenvalue weighted by molar-refractivity contribution is 5.72. The molecule has 1 unspecified atom stereocenters. The average Bonchev–Trinajstić information content (AvgIpc) is 3.09. The number of nitrogens with one attached hydrogen (secondary N) is 1. The molecule has 0 radical (unpaired) electrons. The molecule has 2 N–H and O–H groups in total. The lowest BCUT2D eigenvalue weighted by Gasteiger charge is -2.21. The quantitative estimate of drug-likeness (QED) is 0.0378. The fraction of sp³-hybridized carbons (Fsp3) is 0.925. The number of esters is 2. The van der Waals surface area contributed by atoms with Crippen molar-refractivity contribution in [2.75, 3.05) is 46.5 Å². The fourth-order valence-corrected chi connectivity index (χ4v) is 6.00. The van der Waals surface area contributed by atoms with Crippen molar-refractivity contribution in [2.24, 2.45) is 5.92 Å². The predicted molar refractivity (Wildman–Crippen MR) is 201 cm³/mol. The topological polar surface area (TPSA) is 114 Å². The van der Waals surface area contributed by atoms with E-state index < -0.39 is 12.2 Å². The number of nitrogens with zero attached hydrogens (tertiary/aromatic N) is 1. The summed E-state index contributed by atoms with van der Waals surface area (Å²) >= 11 is 0. The third kappa shape index (κ3) is 31.8. The van der Waals surface area contributed by atoms with Crippen LogP contribution in [0.4, 0.5) is 4.79 Å². The van der Waals surface area contributed by atoms with Gasteiger partial charge < -0.3 is 29.5 Å². The van der Waals surface area contributed by atoms with Gasteiger partial charge in [-0.2, -0.15) is 0 Å². The zero-order chi connectivity index (χ0) is 36.2. The van der Waals surface area contributed by atoms with Crippen LogP contribution < -0.4 is 5.32 Å². The number of rotatable bonds is 36. The first-order chi connectivity index (χ1) is 23.9. The maximum atomic E-state index is 13.3. The van der Waals surface area contributed by atoms with Crippen molar-refractivity contribution >= 4 is 18.0 Å². The van der Waals surface area contributed by atoms with Crippen LogP contribution in [0.2, 0.25) is 0 Å². The highest BCUT2D eigenvalue weighted by Crippen LogP contribution is 2.21. The lowest BCUT2D eigenvalue weighted by Crippen LogP contribution is -2.35. The number of amides is 1. The zero-order valence-corrected chi connectivity index (χ0v) is 32.4. The van der Waals surface area contributed by atoms with E-state index in [0.717, 1.165) is 64.3 Å². The van der Waals surface area contributed by atoms with E-state index in [4.69, 9.17) is 19.3 Å². The minimum atomic E-state index is -0.847. The van der Waals surface area contributed by atoms with Crippen LogP contribution in [-0.2, 0) is 23.8 Å². The van der Waals surface area contributed by atoms with E-state index in [1.54, 1.807) is 0 Å². The van der Waals surface area contributed by atoms with E-state index in [-0.39, 0.29) is 37.7 Å². The lowest BCUT2D eigenvalue weighted by molar-refractivity contribution is -0.164. The normalized spacial score (nSPS) is 12.0. The van der Waals surface area contributed by atoms with Gasteiger partial charge in [0.2, 0.25) is 0 Å². The van der Waals surface area contributed by atoms with Crippen LogP contribution in [0.1, 0.15) is 181 Å². The Labute approximate surface area is 301 Å². The third-order valence-electron chi connectivity index (χ3n) is 9.21. The van der Waals surface area contributed by atoms with Crippen LogP contribution in [0.3, 0.4) is 0 Å². The van der Waals surface area contributed by atoms with Crippen molar-refractivity contribution in [2.45, 2.75) is 187 Å². The van der Waals surface area contributed by atoms with Crippen LogP contribution in [0.15, 0.2) is 0 Å². The summed E-state index contributed by atoms with van der Waals surface area (Å²) in [5.74, 6) is -0.752. The van der Waals surface area contributed by atoms with E-state index in [9.17, 15) is 14.4 Å². The Morgan fingerprint density at radius 1 is 0.612 bits per heavy atom. The molecular formula is C40H78N2O7. The van der Waals surface area contributed by atoms with E-state index in [0.29, 0.717) is 25.9 Å². The highest BCUT2D eigenvalue weighted by Gasteiger charge is 2.24. The Kier molecular flexibility index (Phi) is 34.6. The van der Waals surface area contributed by atoms with Crippen LogP contribution in [0.5, 0.6) is 0 Å². The van der Waals surface area contributed by atoms with Gasteiger partial charge in [0.05, 0.1) is 12.5 Å². The second-order valence-electron chi connectivity index (χ2n) is 14.0. The SMILES string of the molecule is CCCCCCCCCCCC(=O)OC(COC(=O)NCCCN(C)CCO)COC(=O)C(CCCCCCCC)CCCCCCCC. The molecule has 9 nitrogen and oxygen atoms in total. The fourth-order valence-electron chi connectivity index (χ4n) is 6.00. The summed E-state index contributed by atoms with van der Waals surface area (Å²) in [6.07, 6.45) is 25.7. The molecule has 0 aromatic heterocycles. The molecule has 0 aliphatic heterocycles. The molecule has 0 aromatic rings. The van der Waals surface area contributed by atoms with Gasteiger partial charge in [-0.25, -0.2) is 4.79 Å². The molecule has 0 heterocycles. The van der Waals surface area contributed by atoms with Gasteiger partial charge in [-0.3, -0.25) is 9.59 Å². The number of aliphatic hydroxyl groups is 1. The number of carbonyl (C=O) groups excluding carboxylic acids is 3. The number of alkyl carbamates (subject to hydrolysis) is 1. The van der Waals surface area contributed by atoms with Crippen LogP contribution in [-0.4, -0.2) is 80.6 Å². The smallest absolute Gasteiger partial charge is 0.407 e. The Hall–Kier alpha value is -1.87. The van der Waals surface area contributed by atoms with Crippen molar-refractivity contribution in [3.8, 4) is 0 Å². The Morgan fingerprint density at radius 3 is 1.59 bits per heavy atom. The largest absolute Gasteiger partial charge is 0.461 e. The maximum absolute atomic E-state index is 13.3. The summed E-state index contributed by atoms with van der Waals surface area (Å²) in [5.41, 5.74) is 0. The summed E-state index contributed by atoms with van der Waals surface area (Å²) in [7, 11) is 1.91. The van der Waals surface area contributed by atoms with Crippen molar-refractivity contribution in [1.29, 1.82) is 0 Å². The van der Waals surface area contributed by atoms with Crippen molar-refractivity contribution in [3.63, 3.8) is 0 Å². The number of aliphatic hydroxyl groups excluding tert-OH is 1. The van der Waals surface area contributed by atoms with Crippen molar-refractivity contribution in [3.05, 3.63) is 0 Å². The molecule has 1 atom stereocenters. The Balaban J connectivity index is 5.00. The molecule has 0 spiro atoms. The first-order valence-electron chi connectivity index (χ1n) is 20.4. The van der Waals surface area contributed by atoms with Crippen LogP contribution in [0, 0.1) is 5.92 Å². The van der Waals surface area contributed by atoms with Gasteiger partial charge in [0, 0.05) is 19.5 Å². The molecule has 0 saturated heterocycles. The molecule has 9 heteroatoms. The molecule has 49 heavy (non-hydrogen) atoms. The Bertz CT molecular complexity index is 751.